The van der Waals surface area contributed by atoms with Crippen LogP contribution in [-0.4, -0.2) is 27.7 Å². The number of methoxy groups -OCH3 is 1. The molecule has 0 saturated heterocycles. The lowest BCUT2D eigenvalue weighted by Gasteiger charge is -2.08. The van der Waals surface area contributed by atoms with E-state index < -0.39 is 0 Å². The number of hydrogen-bond acceptors (Lipinski definition) is 5. The summed E-state index contributed by atoms with van der Waals surface area (Å²) in [5, 5.41) is 16.9. The van der Waals surface area contributed by atoms with Crippen LogP contribution < -0.4 is 5.32 Å². The summed E-state index contributed by atoms with van der Waals surface area (Å²) in [6.07, 6.45) is 0. The van der Waals surface area contributed by atoms with Crippen molar-refractivity contribution in [2.45, 2.75) is 19.7 Å². The monoisotopic (exact) mass is 233 g/mol. The summed E-state index contributed by atoms with van der Waals surface area (Å²) >= 11 is 0. The van der Waals surface area contributed by atoms with Crippen molar-refractivity contribution < 1.29 is 4.74 Å². The zero-order chi connectivity index (χ0) is 11.9. The van der Waals surface area contributed by atoms with Crippen molar-refractivity contribution in [3.63, 3.8) is 0 Å². The van der Waals surface area contributed by atoms with Gasteiger partial charge in [-0.05, 0) is 11.1 Å². The Morgan fingerprint density at radius 2 is 2.06 bits per heavy atom. The Hall–Kier alpha value is -1.79. The Balaban J connectivity index is 1.89. The topological polar surface area (TPSA) is 75.7 Å². The van der Waals surface area contributed by atoms with Gasteiger partial charge in [0.05, 0.1) is 13.2 Å². The fourth-order valence-electron chi connectivity index (χ4n) is 1.59. The number of benzene rings is 1. The number of nitrogens with zero attached hydrogens (tertiary/aromatic N) is 3. The van der Waals surface area contributed by atoms with Gasteiger partial charge in [-0.15, -0.1) is 10.2 Å². The highest BCUT2D eigenvalue weighted by Crippen LogP contribution is 2.09. The van der Waals surface area contributed by atoms with E-state index in [4.69, 9.17) is 4.74 Å². The minimum absolute atomic E-state index is 0.595. The van der Waals surface area contributed by atoms with Crippen LogP contribution in [0.25, 0.3) is 0 Å². The first-order valence-electron chi connectivity index (χ1n) is 5.39. The van der Waals surface area contributed by atoms with Gasteiger partial charge in [-0.1, -0.05) is 29.5 Å². The van der Waals surface area contributed by atoms with E-state index in [2.05, 4.69) is 38.1 Å². The fourth-order valence-corrected chi connectivity index (χ4v) is 1.59. The minimum atomic E-state index is 0.595. The number of hydrogen-bond donors (Lipinski definition) is 2. The van der Waals surface area contributed by atoms with Gasteiger partial charge in [-0.3, -0.25) is 0 Å². The van der Waals surface area contributed by atoms with E-state index in [1.807, 2.05) is 12.1 Å². The highest BCUT2D eigenvalue weighted by Gasteiger charge is 2.02. The standard InChI is InChI=1S/C11H15N5O/c1-17-8-10-5-3-2-4-9(10)6-12-7-11-13-15-16-14-11/h2-5,12H,6-8H2,1H3,(H,13,14,15,16). The van der Waals surface area contributed by atoms with Crippen LogP contribution in [0, 0.1) is 0 Å². The Bertz CT molecular complexity index is 443. The van der Waals surface area contributed by atoms with Crippen LogP contribution in [0.1, 0.15) is 17.0 Å². The third kappa shape index (κ3) is 3.33. The summed E-state index contributed by atoms with van der Waals surface area (Å²) < 4.78 is 5.15. The number of aromatic amines is 1. The molecular formula is C11H15N5O. The first-order valence-corrected chi connectivity index (χ1v) is 5.39. The van der Waals surface area contributed by atoms with Crippen LogP contribution in [-0.2, 0) is 24.4 Å². The maximum absolute atomic E-state index is 5.15. The van der Waals surface area contributed by atoms with Gasteiger partial charge in [0.25, 0.3) is 0 Å². The van der Waals surface area contributed by atoms with Crippen molar-refractivity contribution in [3.8, 4) is 0 Å². The van der Waals surface area contributed by atoms with Gasteiger partial charge in [-0.2, -0.15) is 5.21 Å². The van der Waals surface area contributed by atoms with Crippen molar-refractivity contribution >= 4 is 0 Å². The molecule has 0 aliphatic carbocycles. The molecule has 0 aliphatic heterocycles. The van der Waals surface area contributed by atoms with E-state index in [0.717, 1.165) is 6.54 Å². The largest absolute Gasteiger partial charge is 0.380 e. The Morgan fingerprint density at radius 1 is 1.24 bits per heavy atom. The molecule has 2 aromatic rings. The molecule has 0 unspecified atom stereocenters. The van der Waals surface area contributed by atoms with Gasteiger partial charge in [0.1, 0.15) is 0 Å². The van der Waals surface area contributed by atoms with Gasteiger partial charge in [0.2, 0.25) is 0 Å². The highest BCUT2D eigenvalue weighted by molar-refractivity contribution is 5.26. The van der Waals surface area contributed by atoms with Crippen LogP contribution >= 0.6 is 0 Å². The third-order valence-corrected chi connectivity index (χ3v) is 2.41. The number of ether oxygens (including phenoxy) is 1. The lowest BCUT2D eigenvalue weighted by molar-refractivity contribution is 0.184. The van der Waals surface area contributed by atoms with E-state index >= 15 is 0 Å². The Morgan fingerprint density at radius 3 is 2.76 bits per heavy atom. The maximum Gasteiger partial charge on any atom is 0.188 e. The van der Waals surface area contributed by atoms with Crippen molar-refractivity contribution in [2.75, 3.05) is 7.11 Å². The van der Waals surface area contributed by atoms with Crippen LogP contribution in [0.5, 0.6) is 0 Å². The molecule has 1 aromatic carbocycles. The number of H-pyrrole nitrogens is 1. The van der Waals surface area contributed by atoms with E-state index in [-0.39, 0.29) is 0 Å². The Labute approximate surface area is 99.4 Å². The molecule has 90 valence electrons. The summed E-state index contributed by atoms with van der Waals surface area (Å²) in [5.41, 5.74) is 2.41. The molecule has 0 aliphatic rings. The second-order valence-corrected chi connectivity index (χ2v) is 3.63. The molecule has 2 N–H and O–H groups in total. The molecule has 1 heterocycles. The molecule has 2 rings (SSSR count). The van der Waals surface area contributed by atoms with Gasteiger partial charge in [0, 0.05) is 13.7 Å². The average Bonchev–Trinajstić information content (AvgIpc) is 2.85. The lowest BCUT2D eigenvalue weighted by atomic mass is 10.1. The molecule has 0 fully saturated rings. The summed E-state index contributed by atoms with van der Waals surface area (Å²) in [6.45, 7) is 1.98. The molecule has 6 nitrogen and oxygen atoms in total. The van der Waals surface area contributed by atoms with Gasteiger partial charge in [-0.25, -0.2) is 0 Å². The summed E-state index contributed by atoms with van der Waals surface area (Å²) in [6, 6.07) is 8.17. The molecule has 0 amide bonds. The second kappa shape index (κ2) is 6.07. The first kappa shape index (κ1) is 11.7. The fraction of sp³-hybridized carbons (Fsp3) is 0.364. The maximum atomic E-state index is 5.15. The molecule has 0 spiro atoms. The molecule has 0 saturated carbocycles. The van der Waals surface area contributed by atoms with Crippen LogP contribution in [0.15, 0.2) is 24.3 Å². The molecule has 1 aromatic heterocycles. The van der Waals surface area contributed by atoms with Gasteiger partial charge < -0.3 is 10.1 Å². The third-order valence-electron chi connectivity index (χ3n) is 2.41. The zero-order valence-electron chi connectivity index (χ0n) is 9.68. The van der Waals surface area contributed by atoms with Crippen molar-refractivity contribution in [1.82, 2.24) is 25.9 Å². The van der Waals surface area contributed by atoms with Crippen LogP contribution in [0.2, 0.25) is 0 Å². The van der Waals surface area contributed by atoms with Crippen molar-refractivity contribution in [2.24, 2.45) is 0 Å². The average molecular weight is 233 g/mol. The van der Waals surface area contributed by atoms with E-state index in [1.165, 1.54) is 11.1 Å². The van der Waals surface area contributed by atoms with Gasteiger partial charge in [0.15, 0.2) is 5.82 Å². The number of nitrogens with one attached hydrogen (secondary N) is 2. The zero-order valence-corrected chi connectivity index (χ0v) is 9.68. The van der Waals surface area contributed by atoms with E-state index in [1.54, 1.807) is 7.11 Å². The quantitative estimate of drug-likeness (QED) is 0.765. The van der Waals surface area contributed by atoms with Crippen molar-refractivity contribution in [1.29, 1.82) is 0 Å². The first-order chi connectivity index (χ1) is 8.40. The molecule has 17 heavy (non-hydrogen) atoms. The smallest absolute Gasteiger partial charge is 0.188 e. The lowest BCUT2D eigenvalue weighted by Crippen LogP contribution is -2.15. The Kier molecular flexibility index (Phi) is 4.17. The summed E-state index contributed by atoms with van der Waals surface area (Å²) in [7, 11) is 1.70. The van der Waals surface area contributed by atoms with Crippen LogP contribution in [0.4, 0.5) is 0 Å². The highest BCUT2D eigenvalue weighted by atomic mass is 16.5. The van der Waals surface area contributed by atoms with E-state index in [9.17, 15) is 0 Å². The SMILES string of the molecule is COCc1ccccc1CNCc1nn[nH]n1. The van der Waals surface area contributed by atoms with Gasteiger partial charge >= 0.3 is 0 Å². The number of aromatic nitrogens is 4. The molecule has 6 heteroatoms. The summed E-state index contributed by atoms with van der Waals surface area (Å²) in [4.78, 5) is 0. The molecule has 0 atom stereocenters. The normalized spacial score (nSPS) is 10.6. The minimum Gasteiger partial charge on any atom is -0.380 e. The summed E-state index contributed by atoms with van der Waals surface area (Å²) in [5.74, 6) is 0.661. The van der Waals surface area contributed by atoms with Crippen LogP contribution in [0.3, 0.4) is 0 Å². The van der Waals surface area contributed by atoms with Crippen molar-refractivity contribution in [3.05, 3.63) is 41.2 Å². The molecule has 0 radical (unpaired) electrons. The predicted molar refractivity (Wildman–Crippen MR) is 61.9 cm³/mol. The molecular weight excluding hydrogens is 218 g/mol. The van der Waals surface area contributed by atoms with E-state index in [0.29, 0.717) is 19.0 Å². The molecule has 0 bridgehead atoms. The predicted octanol–water partition coefficient (Wildman–Crippen LogP) is 0.636. The second-order valence-electron chi connectivity index (χ2n) is 3.63. The number of tetrazole rings is 1. The number of rotatable bonds is 6.